The topological polar surface area (TPSA) is 101 Å². The second-order valence-electron chi connectivity index (χ2n) is 5.61. The van der Waals surface area contributed by atoms with Crippen LogP contribution in [0.1, 0.15) is 35.6 Å². The van der Waals surface area contributed by atoms with E-state index in [9.17, 15) is 0 Å². The van der Waals surface area contributed by atoms with Crippen LogP contribution in [0.25, 0.3) is 0 Å². The van der Waals surface area contributed by atoms with E-state index in [1.54, 1.807) is 24.9 Å². The number of rotatable bonds is 0. The Balaban J connectivity index is 1.66. The van der Waals surface area contributed by atoms with Gasteiger partial charge in [0.25, 0.3) is 0 Å². The summed E-state index contributed by atoms with van der Waals surface area (Å²) in [6.07, 6.45) is 8.61. The highest BCUT2D eigenvalue weighted by molar-refractivity contribution is 5.80. The van der Waals surface area contributed by atoms with Crippen molar-refractivity contribution in [1.82, 2.24) is 20.4 Å². The molecule has 6 heterocycles. The Morgan fingerprint density at radius 3 is 0.923 bits per heavy atom. The molecule has 0 atom stereocenters. The normalized spacial score (nSPS) is 15.7. The maximum atomic E-state index is 4.34. The molecule has 0 unspecified atom stereocenters. The molecule has 0 N–H and O–H groups in total. The maximum Gasteiger partial charge on any atom is 0.104 e. The highest BCUT2D eigenvalue weighted by Crippen LogP contribution is 1.96. The van der Waals surface area contributed by atoms with Crippen LogP contribution in [0.4, 0.5) is 0 Å². The van der Waals surface area contributed by atoms with Crippen LogP contribution in [0.3, 0.4) is 0 Å². The zero-order chi connectivity index (χ0) is 17.9. The molecule has 2 aromatic rings. The quantitative estimate of drug-likeness (QED) is 0.719. The molecule has 0 saturated heterocycles. The molecule has 4 aliphatic heterocycles. The highest BCUT2D eigenvalue weighted by Gasteiger charge is 1.95. The number of hydrogen-bond donors (Lipinski definition) is 0. The fraction of sp³-hybridized carbons (Fsp3) is 0.333. The van der Waals surface area contributed by atoms with E-state index in [0.717, 1.165) is 35.6 Å². The Labute approximate surface area is 152 Å². The van der Waals surface area contributed by atoms with Crippen LogP contribution in [0.15, 0.2) is 44.2 Å². The molecule has 6 rings (SSSR count). The number of aliphatic imine (C=N–C) groups is 4. The maximum absolute atomic E-state index is 4.34. The lowest BCUT2D eigenvalue weighted by Crippen LogP contribution is -1.99. The summed E-state index contributed by atoms with van der Waals surface area (Å²) >= 11 is 0. The highest BCUT2D eigenvalue weighted by atomic mass is 15.1. The third-order valence-corrected chi connectivity index (χ3v) is 3.45. The number of nitrogens with zero attached hydrogens (tertiary/aromatic N) is 8. The third-order valence-electron chi connectivity index (χ3n) is 3.45. The first-order valence-electron chi connectivity index (χ1n) is 8.57. The zero-order valence-corrected chi connectivity index (χ0v) is 14.4. The summed E-state index contributed by atoms with van der Waals surface area (Å²) in [5.41, 5.74) is 2.94. The summed E-state index contributed by atoms with van der Waals surface area (Å²) in [5, 5.41) is 16.5. The smallest absolute Gasteiger partial charge is 0.104 e. The van der Waals surface area contributed by atoms with Gasteiger partial charge in [0.1, 0.15) is 22.8 Å². The van der Waals surface area contributed by atoms with E-state index >= 15 is 0 Å². The van der Waals surface area contributed by atoms with Crippen LogP contribution < -0.4 is 0 Å². The van der Waals surface area contributed by atoms with Crippen LogP contribution in [-0.2, 0) is 0 Å². The van der Waals surface area contributed by atoms with Crippen molar-refractivity contribution in [1.29, 1.82) is 0 Å². The lowest BCUT2D eigenvalue weighted by molar-refractivity contribution is 0.846. The van der Waals surface area contributed by atoms with E-state index in [2.05, 4.69) is 40.4 Å². The molecule has 0 radical (unpaired) electrons. The second kappa shape index (κ2) is 9.97. The van der Waals surface area contributed by atoms with E-state index in [4.69, 9.17) is 0 Å². The van der Waals surface area contributed by atoms with Crippen molar-refractivity contribution in [2.24, 2.45) is 20.0 Å². The van der Waals surface area contributed by atoms with E-state index in [0.29, 0.717) is 26.2 Å². The third kappa shape index (κ3) is 6.04. The van der Waals surface area contributed by atoms with Crippen LogP contribution in [0, 0.1) is 0 Å². The Hall–Kier alpha value is -3.16. The Morgan fingerprint density at radius 1 is 0.423 bits per heavy atom. The molecular weight excluding hydrogens is 328 g/mol. The first-order valence-corrected chi connectivity index (χ1v) is 8.57. The van der Waals surface area contributed by atoms with Gasteiger partial charge in [0, 0.05) is 51.0 Å². The minimum atomic E-state index is 0.684. The van der Waals surface area contributed by atoms with E-state index in [1.165, 1.54) is 0 Å². The van der Waals surface area contributed by atoms with Gasteiger partial charge >= 0.3 is 0 Å². The van der Waals surface area contributed by atoms with Gasteiger partial charge in [-0.15, -0.1) is 20.4 Å². The molecule has 0 fully saturated rings. The van der Waals surface area contributed by atoms with Crippen LogP contribution in [0.5, 0.6) is 0 Å². The monoisotopic (exact) mass is 348 g/mol. The summed E-state index contributed by atoms with van der Waals surface area (Å²) < 4.78 is 0. The minimum Gasteiger partial charge on any atom is -0.291 e. The van der Waals surface area contributed by atoms with E-state index in [-0.39, 0.29) is 0 Å². The predicted octanol–water partition coefficient (Wildman–Crippen LogP) is 1.44. The van der Waals surface area contributed by atoms with Gasteiger partial charge in [-0.3, -0.25) is 20.0 Å². The zero-order valence-electron chi connectivity index (χ0n) is 14.4. The minimum absolute atomic E-state index is 0.684. The Kier molecular flexibility index (Phi) is 6.77. The van der Waals surface area contributed by atoms with Gasteiger partial charge in [0.2, 0.25) is 0 Å². The average Bonchev–Trinajstić information content (AvgIpc) is 2.68. The summed E-state index contributed by atoms with van der Waals surface area (Å²) in [5.74, 6) is 0. The molecule has 0 aliphatic carbocycles. The lowest BCUT2D eigenvalue weighted by atomic mass is 10.3. The van der Waals surface area contributed by atoms with E-state index < -0.39 is 0 Å². The number of hydrogen-bond acceptors (Lipinski definition) is 8. The SMILES string of the molecule is C1=NCCCN=Cc2ccc(nn2)C=NCCCN=Cc2ccc1nn2. The molecule has 4 bridgehead atoms. The van der Waals surface area contributed by atoms with Gasteiger partial charge in [0.05, 0.1) is 0 Å². The standard InChI is InChI=1S/C18H20N8/c1-7-19-11-15-3-5-17(25-23-15)13-21-9-2-10-22-14-18-6-4-16(24-26-18)12-20-8-1/h3-6,11-14H,1-2,7-10H2. The predicted molar refractivity (Wildman–Crippen MR) is 103 cm³/mol. The van der Waals surface area contributed by atoms with Gasteiger partial charge in [-0.1, -0.05) is 0 Å². The van der Waals surface area contributed by atoms with Gasteiger partial charge in [-0.25, -0.2) is 0 Å². The van der Waals surface area contributed by atoms with Crippen molar-refractivity contribution >= 4 is 24.9 Å². The Morgan fingerprint density at radius 2 is 0.692 bits per heavy atom. The fourth-order valence-corrected chi connectivity index (χ4v) is 2.12. The van der Waals surface area contributed by atoms with Gasteiger partial charge in [-0.2, -0.15) is 0 Å². The summed E-state index contributed by atoms with van der Waals surface area (Å²) in [4.78, 5) is 17.4. The van der Waals surface area contributed by atoms with Gasteiger partial charge in [0.15, 0.2) is 0 Å². The van der Waals surface area contributed by atoms with Crippen molar-refractivity contribution in [3.63, 3.8) is 0 Å². The molecule has 0 aromatic carbocycles. The van der Waals surface area contributed by atoms with Crippen LogP contribution in [-0.4, -0.2) is 71.4 Å². The molecule has 8 heteroatoms. The molecular formula is C18H20N8. The summed E-state index contributed by atoms with van der Waals surface area (Å²) in [7, 11) is 0. The van der Waals surface area contributed by atoms with Crippen molar-refractivity contribution in [3.8, 4) is 0 Å². The molecule has 8 nitrogen and oxygen atoms in total. The molecule has 26 heavy (non-hydrogen) atoms. The van der Waals surface area contributed by atoms with Crippen LogP contribution in [0.2, 0.25) is 0 Å². The summed E-state index contributed by atoms with van der Waals surface area (Å²) in [6, 6.07) is 7.53. The fourth-order valence-electron chi connectivity index (χ4n) is 2.12. The van der Waals surface area contributed by atoms with E-state index in [1.807, 2.05) is 24.3 Å². The molecule has 132 valence electrons. The lowest BCUT2D eigenvalue weighted by Gasteiger charge is -1.96. The molecule has 0 spiro atoms. The molecule has 0 saturated carbocycles. The van der Waals surface area contributed by atoms with Crippen molar-refractivity contribution in [2.75, 3.05) is 26.2 Å². The first kappa shape index (κ1) is 17.7. The van der Waals surface area contributed by atoms with Crippen molar-refractivity contribution in [2.45, 2.75) is 12.8 Å². The van der Waals surface area contributed by atoms with Crippen LogP contribution >= 0.6 is 0 Å². The average molecular weight is 348 g/mol. The molecule has 0 amide bonds. The van der Waals surface area contributed by atoms with Crippen molar-refractivity contribution < 1.29 is 0 Å². The summed E-state index contributed by atoms with van der Waals surface area (Å²) in [6.45, 7) is 2.74. The Bertz CT molecular complexity index is 655. The van der Waals surface area contributed by atoms with Gasteiger partial charge in [-0.05, 0) is 37.1 Å². The molecule has 2 aromatic heterocycles. The second-order valence-corrected chi connectivity index (χ2v) is 5.61. The first-order chi connectivity index (χ1) is 12.9. The van der Waals surface area contributed by atoms with Gasteiger partial charge < -0.3 is 0 Å². The number of aromatic nitrogens is 4. The van der Waals surface area contributed by atoms with Crippen molar-refractivity contribution in [3.05, 3.63) is 47.0 Å². The largest absolute Gasteiger partial charge is 0.291 e. The molecule has 4 aliphatic rings.